The zero-order chi connectivity index (χ0) is 17.0. The first-order chi connectivity index (χ1) is 10.9. The molecule has 0 aromatic heterocycles. The van der Waals surface area contributed by atoms with Gasteiger partial charge in [-0.15, -0.1) is 0 Å². The van der Waals surface area contributed by atoms with Gasteiger partial charge in [-0.1, -0.05) is 12.1 Å². The normalized spacial score (nSPS) is 10.0. The number of hydrogen-bond acceptors (Lipinski definition) is 3. The number of thiocarbonyl (C=S) groups is 1. The fourth-order valence-electron chi connectivity index (χ4n) is 1.77. The zero-order valence-corrected chi connectivity index (χ0v) is 16.6. The summed E-state index contributed by atoms with van der Waals surface area (Å²) in [4.78, 5) is 23.4. The van der Waals surface area contributed by atoms with Crippen LogP contribution in [0.2, 0.25) is 0 Å². The summed E-state index contributed by atoms with van der Waals surface area (Å²) < 4.78 is 1.59. The molecule has 23 heavy (non-hydrogen) atoms. The molecule has 118 valence electrons. The van der Waals surface area contributed by atoms with Crippen molar-refractivity contribution >= 4 is 80.1 Å². The summed E-state index contributed by atoms with van der Waals surface area (Å²) in [5.74, 6) is -1.42. The van der Waals surface area contributed by atoms with Crippen molar-refractivity contribution in [3.8, 4) is 0 Å². The average molecular weight is 552 g/mol. The number of amides is 1. The number of halogens is 2. The molecule has 0 fully saturated rings. The summed E-state index contributed by atoms with van der Waals surface area (Å²) in [6.45, 7) is 0. The van der Waals surface area contributed by atoms with Crippen LogP contribution < -0.4 is 10.6 Å². The van der Waals surface area contributed by atoms with Crippen molar-refractivity contribution in [2.24, 2.45) is 0 Å². The van der Waals surface area contributed by atoms with E-state index >= 15 is 0 Å². The Labute approximate surface area is 165 Å². The van der Waals surface area contributed by atoms with Gasteiger partial charge in [0.05, 0.1) is 16.8 Å². The molecule has 2 aromatic rings. The number of carbonyl (C=O) groups excluding carboxylic acids is 1. The predicted molar refractivity (Wildman–Crippen MR) is 109 cm³/mol. The van der Waals surface area contributed by atoms with Crippen molar-refractivity contribution in [3.63, 3.8) is 0 Å². The molecule has 8 heteroatoms. The lowest BCUT2D eigenvalue weighted by Gasteiger charge is -2.12. The van der Waals surface area contributed by atoms with E-state index in [0.717, 1.165) is 7.14 Å². The average Bonchev–Trinajstić information content (AvgIpc) is 2.49. The van der Waals surface area contributed by atoms with Crippen LogP contribution in [0.3, 0.4) is 0 Å². The number of hydrogen-bond donors (Lipinski definition) is 3. The van der Waals surface area contributed by atoms with Gasteiger partial charge in [-0.05, 0) is 87.7 Å². The summed E-state index contributed by atoms with van der Waals surface area (Å²) in [6.07, 6.45) is 0. The van der Waals surface area contributed by atoms with Crippen molar-refractivity contribution in [2.45, 2.75) is 0 Å². The van der Waals surface area contributed by atoms with Crippen LogP contribution in [0.15, 0.2) is 42.5 Å². The molecule has 0 spiro atoms. The number of benzene rings is 2. The van der Waals surface area contributed by atoms with Gasteiger partial charge in [0.15, 0.2) is 5.11 Å². The van der Waals surface area contributed by atoms with Crippen LogP contribution in [0, 0.1) is 7.14 Å². The first-order valence-electron chi connectivity index (χ1n) is 6.28. The van der Waals surface area contributed by atoms with E-state index in [-0.39, 0.29) is 16.6 Å². The third kappa shape index (κ3) is 4.85. The third-order valence-corrected chi connectivity index (χ3v) is 4.62. The highest BCUT2D eigenvalue weighted by molar-refractivity contribution is 14.1. The molecule has 0 heterocycles. The van der Waals surface area contributed by atoms with Gasteiger partial charge in [0.1, 0.15) is 0 Å². The molecular formula is C15H10I2N2O3S. The van der Waals surface area contributed by atoms with Crippen molar-refractivity contribution < 1.29 is 14.7 Å². The number of anilines is 1. The van der Waals surface area contributed by atoms with Gasteiger partial charge in [0, 0.05) is 7.14 Å². The molecule has 0 saturated heterocycles. The second kappa shape index (κ2) is 8.02. The number of rotatable bonds is 3. The topological polar surface area (TPSA) is 78.4 Å². The lowest BCUT2D eigenvalue weighted by molar-refractivity contribution is 0.0697. The number of carbonyl (C=O) groups is 2. The monoisotopic (exact) mass is 552 g/mol. The maximum Gasteiger partial charge on any atom is 0.337 e. The molecule has 0 unspecified atom stereocenters. The van der Waals surface area contributed by atoms with Crippen molar-refractivity contribution in [3.05, 3.63) is 60.7 Å². The summed E-state index contributed by atoms with van der Waals surface area (Å²) in [5.41, 5.74) is 0.909. The molecule has 0 aliphatic rings. The van der Waals surface area contributed by atoms with Crippen molar-refractivity contribution in [1.29, 1.82) is 0 Å². The van der Waals surface area contributed by atoms with Crippen LogP contribution in [-0.2, 0) is 0 Å². The maximum absolute atomic E-state index is 12.2. The van der Waals surface area contributed by atoms with E-state index < -0.39 is 5.97 Å². The number of aromatic carboxylic acids is 1. The van der Waals surface area contributed by atoms with Crippen LogP contribution in [0.5, 0.6) is 0 Å². The minimum atomic E-state index is -1.07. The van der Waals surface area contributed by atoms with Crippen molar-refractivity contribution in [1.82, 2.24) is 5.32 Å². The SMILES string of the molecule is O=C(NC(=S)Nc1ccc(I)cc1C(=O)O)c1ccccc1I. The van der Waals surface area contributed by atoms with E-state index in [1.807, 2.05) is 34.7 Å². The minimum absolute atomic E-state index is 0.0401. The van der Waals surface area contributed by atoms with Gasteiger partial charge in [0.25, 0.3) is 5.91 Å². The van der Waals surface area contributed by atoms with Crippen LogP contribution in [0.1, 0.15) is 20.7 Å². The summed E-state index contributed by atoms with van der Waals surface area (Å²) in [5, 5.41) is 14.6. The Balaban J connectivity index is 2.13. The molecular weight excluding hydrogens is 542 g/mol. The maximum atomic E-state index is 12.2. The van der Waals surface area contributed by atoms with Gasteiger partial charge in [-0.3, -0.25) is 10.1 Å². The number of carboxylic acid groups (broad SMARTS) is 1. The van der Waals surface area contributed by atoms with E-state index in [0.29, 0.717) is 11.3 Å². The fourth-order valence-corrected chi connectivity index (χ4v) is 3.10. The Morgan fingerprint density at radius 2 is 1.74 bits per heavy atom. The Kier molecular flexibility index (Phi) is 6.30. The smallest absolute Gasteiger partial charge is 0.337 e. The predicted octanol–water partition coefficient (Wildman–Crippen LogP) is 3.72. The molecule has 0 aliphatic heterocycles. The standard InChI is InChI=1S/C15H10I2N2O3S/c16-8-5-6-12(10(7-8)14(21)22)18-15(23)19-13(20)9-3-1-2-4-11(9)17/h1-7H,(H,21,22)(H2,18,19,20,23). The highest BCUT2D eigenvalue weighted by atomic mass is 127. The van der Waals surface area contributed by atoms with Crippen molar-refractivity contribution in [2.75, 3.05) is 5.32 Å². The Morgan fingerprint density at radius 1 is 1.04 bits per heavy atom. The molecule has 1 amide bonds. The van der Waals surface area contributed by atoms with E-state index in [9.17, 15) is 14.7 Å². The molecule has 5 nitrogen and oxygen atoms in total. The van der Waals surface area contributed by atoms with Crippen LogP contribution >= 0.6 is 57.4 Å². The van der Waals surface area contributed by atoms with Gasteiger partial charge in [0.2, 0.25) is 0 Å². The quantitative estimate of drug-likeness (QED) is 0.400. The molecule has 0 radical (unpaired) electrons. The minimum Gasteiger partial charge on any atom is -0.478 e. The molecule has 0 aliphatic carbocycles. The highest BCUT2D eigenvalue weighted by Crippen LogP contribution is 2.19. The van der Waals surface area contributed by atoms with Gasteiger partial charge < -0.3 is 10.4 Å². The van der Waals surface area contributed by atoms with Gasteiger partial charge >= 0.3 is 5.97 Å². The molecule has 0 saturated carbocycles. The molecule has 0 bridgehead atoms. The van der Waals surface area contributed by atoms with E-state index in [1.54, 1.807) is 24.3 Å². The van der Waals surface area contributed by atoms with E-state index in [1.165, 1.54) is 6.07 Å². The fraction of sp³-hybridized carbons (Fsp3) is 0. The molecule has 0 atom stereocenters. The summed E-state index contributed by atoms with van der Waals surface area (Å²) in [7, 11) is 0. The van der Waals surface area contributed by atoms with E-state index in [2.05, 4.69) is 33.2 Å². The molecule has 2 rings (SSSR count). The second-order valence-corrected chi connectivity index (χ2v) is 7.20. The largest absolute Gasteiger partial charge is 0.478 e. The lowest BCUT2D eigenvalue weighted by atomic mass is 10.2. The first kappa shape index (κ1) is 18.1. The number of carboxylic acids is 1. The van der Waals surface area contributed by atoms with Crippen LogP contribution in [0.25, 0.3) is 0 Å². The van der Waals surface area contributed by atoms with E-state index in [4.69, 9.17) is 12.2 Å². The Hall–Kier alpha value is -1.27. The van der Waals surface area contributed by atoms with Gasteiger partial charge in [-0.25, -0.2) is 4.79 Å². The Bertz CT molecular complexity index is 796. The van der Waals surface area contributed by atoms with Gasteiger partial charge in [-0.2, -0.15) is 0 Å². The second-order valence-electron chi connectivity index (χ2n) is 4.38. The summed E-state index contributed by atoms with van der Waals surface area (Å²) >= 11 is 9.18. The highest BCUT2D eigenvalue weighted by Gasteiger charge is 2.14. The zero-order valence-electron chi connectivity index (χ0n) is 11.5. The molecule has 3 N–H and O–H groups in total. The summed E-state index contributed by atoms with van der Waals surface area (Å²) in [6, 6.07) is 12.0. The third-order valence-electron chi connectivity index (χ3n) is 2.81. The number of nitrogens with one attached hydrogen (secondary N) is 2. The first-order valence-corrected chi connectivity index (χ1v) is 8.85. The lowest BCUT2D eigenvalue weighted by Crippen LogP contribution is -2.34. The van der Waals surface area contributed by atoms with Crippen LogP contribution in [-0.4, -0.2) is 22.1 Å². The Morgan fingerprint density at radius 3 is 2.39 bits per heavy atom. The molecule has 2 aromatic carbocycles. The van der Waals surface area contributed by atoms with Crippen LogP contribution in [0.4, 0.5) is 5.69 Å².